The minimum absolute atomic E-state index is 0.232. The SMILES string of the molecule is Cc1[nH]c2ccccc2c1C(=O)[C@@H](C)OC(=O)/C=C/c1cccc(Cl)c1. The predicted molar refractivity (Wildman–Crippen MR) is 103 cm³/mol. The van der Waals surface area contributed by atoms with E-state index in [2.05, 4.69) is 4.98 Å². The Hall–Kier alpha value is -2.85. The number of aromatic nitrogens is 1. The Labute approximate surface area is 156 Å². The Kier molecular flexibility index (Phi) is 5.24. The number of rotatable bonds is 5. The number of carbonyl (C=O) groups is 2. The molecule has 26 heavy (non-hydrogen) atoms. The molecule has 3 aromatic rings. The lowest BCUT2D eigenvalue weighted by Gasteiger charge is -2.11. The highest BCUT2D eigenvalue weighted by atomic mass is 35.5. The average Bonchev–Trinajstić information content (AvgIpc) is 2.95. The van der Waals surface area contributed by atoms with Crippen LogP contribution in [0.15, 0.2) is 54.6 Å². The number of ether oxygens (including phenoxy) is 1. The maximum atomic E-state index is 12.8. The Balaban J connectivity index is 1.72. The molecule has 0 unspecified atom stereocenters. The fourth-order valence-corrected chi connectivity index (χ4v) is 3.04. The fraction of sp³-hybridized carbons (Fsp3) is 0.143. The number of carbonyl (C=O) groups excluding carboxylic acids is 2. The Morgan fingerprint density at radius 1 is 1.15 bits per heavy atom. The van der Waals surface area contributed by atoms with Crippen LogP contribution in [0.25, 0.3) is 17.0 Å². The zero-order valence-corrected chi connectivity index (χ0v) is 15.2. The van der Waals surface area contributed by atoms with Gasteiger partial charge in [-0.1, -0.05) is 41.9 Å². The fourth-order valence-electron chi connectivity index (χ4n) is 2.84. The molecule has 0 spiro atoms. The summed E-state index contributed by atoms with van der Waals surface area (Å²) in [5.74, 6) is -0.812. The number of aromatic amines is 1. The molecule has 5 heteroatoms. The Bertz CT molecular complexity index is 1000. The number of para-hydroxylation sites is 1. The maximum absolute atomic E-state index is 12.8. The third kappa shape index (κ3) is 3.86. The van der Waals surface area contributed by atoms with E-state index in [1.807, 2.05) is 37.3 Å². The first kappa shape index (κ1) is 18.0. The monoisotopic (exact) mass is 367 g/mol. The number of nitrogens with one attached hydrogen (secondary N) is 1. The number of benzene rings is 2. The second-order valence-electron chi connectivity index (χ2n) is 6.00. The summed E-state index contributed by atoms with van der Waals surface area (Å²) < 4.78 is 5.27. The second kappa shape index (κ2) is 7.58. The number of fused-ring (bicyclic) bond motifs is 1. The molecule has 0 fully saturated rings. The summed E-state index contributed by atoms with van der Waals surface area (Å²) >= 11 is 5.91. The van der Waals surface area contributed by atoms with Crippen LogP contribution in [-0.2, 0) is 9.53 Å². The van der Waals surface area contributed by atoms with Gasteiger partial charge in [-0.2, -0.15) is 0 Å². The van der Waals surface area contributed by atoms with Gasteiger partial charge in [-0.3, -0.25) is 4.79 Å². The highest BCUT2D eigenvalue weighted by Crippen LogP contribution is 2.24. The van der Waals surface area contributed by atoms with E-state index in [4.69, 9.17) is 16.3 Å². The van der Waals surface area contributed by atoms with Gasteiger partial charge >= 0.3 is 5.97 Å². The lowest BCUT2D eigenvalue weighted by Crippen LogP contribution is -2.24. The van der Waals surface area contributed by atoms with Gasteiger partial charge in [0, 0.05) is 33.3 Å². The molecule has 0 aliphatic rings. The molecule has 0 bridgehead atoms. The van der Waals surface area contributed by atoms with Crippen molar-refractivity contribution in [1.82, 2.24) is 4.98 Å². The molecule has 1 heterocycles. The number of halogens is 1. The zero-order valence-electron chi connectivity index (χ0n) is 14.5. The number of aryl methyl sites for hydroxylation is 1. The van der Waals surface area contributed by atoms with Crippen LogP contribution in [0.3, 0.4) is 0 Å². The molecule has 3 rings (SSSR count). The van der Waals surface area contributed by atoms with E-state index in [0.717, 1.165) is 22.2 Å². The average molecular weight is 368 g/mol. The van der Waals surface area contributed by atoms with Gasteiger partial charge in [0.1, 0.15) is 0 Å². The molecule has 1 atom stereocenters. The summed E-state index contributed by atoms with van der Waals surface area (Å²) in [5, 5.41) is 1.41. The normalized spacial score (nSPS) is 12.4. The van der Waals surface area contributed by atoms with Gasteiger partial charge in [0.2, 0.25) is 5.78 Å². The summed E-state index contributed by atoms with van der Waals surface area (Å²) in [6.45, 7) is 3.41. The topological polar surface area (TPSA) is 59.2 Å². The van der Waals surface area contributed by atoms with Crippen molar-refractivity contribution in [1.29, 1.82) is 0 Å². The molecule has 132 valence electrons. The van der Waals surface area contributed by atoms with Crippen molar-refractivity contribution < 1.29 is 14.3 Å². The standard InChI is InChI=1S/C21H18ClNO3/c1-13-20(17-8-3-4-9-18(17)23-13)21(25)14(2)26-19(24)11-10-15-6-5-7-16(22)12-15/h3-12,14,23H,1-2H3/b11-10+/t14-/m1/s1. The molecule has 0 amide bonds. The number of hydrogen-bond acceptors (Lipinski definition) is 3. The molecule has 0 saturated heterocycles. The first-order chi connectivity index (χ1) is 12.5. The van der Waals surface area contributed by atoms with E-state index in [9.17, 15) is 9.59 Å². The summed E-state index contributed by atoms with van der Waals surface area (Å²) in [4.78, 5) is 28.0. The van der Waals surface area contributed by atoms with Crippen LogP contribution in [0.5, 0.6) is 0 Å². The van der Waals surface area contributed by atoms with Crippen molar-refractivity contribution >= 4 is 40.3 Å². The smallest absolute Gasteiger partial charge is 0.331 e. The van der Waals surface area contributed by atoms with Crippen LogP contribution >= 0.6 is 11.6 Å². The van der Waals surface area contributed by atoms with Gasteiger partial charge < -0.3 is 9.72 Å². The Morgan fingerprint density at radius 3 is 2.69 bits per heavy atom. The summed E-state index contributed by atoms with van der Waals surface area (Å²) in [5.41, 5.74) is 2.97. The van der Waals surface area contributed by atoms with E-state index in [1.54, 1.807) is 31.2 Å². The molecular weight excluding hydrogens is 350 g/mol. The van der Waals surface area contributed by atoms with Crippen LogP contribution in [0.2, 0.25) is 5.02 Å². The largest absolute Gasteiger partial charge is 0.451 e. The van der Waals surface area contributed by atoms with Crippen molar-refractivity contribution in [3.05, 3.63) is 76.5 Å². The van der Waals surface area contributed by atoms with Gasteiger partial charge in [-0.05, 0) is 43.7 Å². The van der Waals surface area contributed by atoms with E-state index in [-0.39, 0.29) is 5.78 Å². The quantitative estimate of drug-likeness (QED) is 0.394. The van der Waals surface area contributed by atoms with Crippen LogP contribution in [0.1, 0.15) is 28.5 Å². The summed E-state index contributed by atoms with van der Waals surface area (Å²) in [6, 6.07) is 14.6. The minimum Gasteiger partial charge on any atom is -0.451 e. The molecular formula is C21H18ClNO3. The lowest BCUT2D eigenvalue weighted by atomic mass is 10.0. The van der Waals surface area contributed by atoms with Crippen LogP contribution < -0.4 is 0 Å². The van der Waals surface area contributed by atoms with Crippen LogP contribution in [-0.4, -0.2) is 22.8 Å². The molecule has 2 aromatic carbocycles. The van der Waals surface area contributed by atoms with Crippen molar-refractivity contribution in [2.75, 3.05) is 0 Å². The molecule has 0 aliphatic heterocycles. The minimum atomic E-state index is -0.885. The Morgan fingerprint density at radius 2 is 1.92 bits per heavy atom. The van der Waals surface area contributed by atoms with E-state index < -0.39 is 12.1 Å². The zero-order chi connectivity index (χ0) is 18.7. The maximum Gasteiger partial charge on any atom is 0.331 e. The van der Waals surface area contributed by atoms with Gasteiger partial charge in [0.15, 0.2) is 6.10 Å². The summed E-state index contributed by atoms with van der Waals surface area (Å²) in [6.07, 6.45) is 2.00. The highest BCUT2D eigenvalue weighted by Gasteiger charge is 2.23. The van der Waals surface area contributed by atoms with E-state index in [1.165, 1.54) is 6.08 Å². The van der Waals surface area contributed by atoms with E-state index >= 15 is 0 Å². The van der Waals surface area contributed by atoms with Crippen LogP contribution in [0, 0.1) is 6.92 Å². The number of ketones is 1. The van der Waals surface area contributed by atoms with Gasteiger partial charge in [-0.15, -0.1) is 0 Å². The van der Waals surface area contributed by atoms with Gasteiger partial charge in [0.05, 0.1) is 0 Å². The van der Waals surface area contributed by atoms with Crippen molar-refractivity contribution in [3.63, 3.8) is 0 Å². The first-order valence-electron chi connectivity index (χ1n) is 8.21. The number of hydrogen-bond donors (Lipinski definition) is 1. The number of esters is 1. The molecule has 0 saturated carbocycles. The number of Topliss-reactive ketones (excluding diaryl/α,β-unsaturated/α-hetero) is 1. The highest BCUT2D eigenvalue weighted by molar-refractivity contribution is 6.30. The second-order valence-corrected chi connectivity index (χ2v) is 6.44. The van der Waals surface area contributed by atoms with Gasteiger partial charge in [0.25, 0.3) is 0 Å². The van der Waals surface area contributed by atoms with Crippen LogP contribution in [0.4, 0.5) is 0 Å². The molecule has 0 aliphatic carbocycles. The van der Waals surface area contributed by atoms with Crippen molar-refractivity contribution in [2.24, 2.45) is 0 Å². The molecule has 1 N–H and O–H groups in total. The molecule has 1 aromatic heterocycles. The van der Waals surface area contributed by atoms with Crippen molar-refractivity contribution in [2.45, 2.75) is 20.0 Å². The third-order valence-electron chi connectivity index (χ3n) is 4.06. The lowest BCUT2D eigenvalue weighted by molar-refractivity contribution is -0.140. The third-order valence-corrected chi connectivity index (χ3v) is 4.30. The number of H-pyrrole nitrogens is 1. The van der Waals surface area contributed by atoms with Crippen molar-refractivity contribution in [3.8, 4) is 0 Å². The first-order valence-corrected chi connectivity index (χ1v) is 8.59. The summed E-state index contributed by atoms with van der Waals surface area (Å²) in [7, 11) is 0. The molecule has 0 radical (unpaired) electrons. The van der Waals surface area contributed by atoms with E-state index in [0.29, 0.717) is 10.6 Å². The molecule has 4 nitrogen and oxygen atoms in total. The van der Waals surface area contributed by atoms with Gasteiger partial charge in [-0.25, -0.2) is 4.79 Å². The predicted octanol–water partition coefficient (Wildman–Crippen LogP) is 4.96.